The van der Waals surface area contributed by atoms with Gasteiger partial charge in [-0.25, -0.2) is 18.6 Å². The zero-order valence-corrected chi connectivity index (χ0v) is 12.4. The van der Waals surface area contributed by atoms with Crippen LogP contribution < -0.4 is 10.3 Å². The molecule has 1 aromatic rings. The van der Waals surface area contributed by atoms with E-state index in [1.807, 2.05) is 30.2 Å². The molecule has 0 atom stereocenters. The second-order valence-corrected chi connectivity index (χ2v) is 5.93. The van der Waals surface area contributed by atoms with Gasteiger partial charge in [0.2, 0.25) is 0 Å². The zero-order chi connectivity index (χ0) is 14.8. The van der Waals surface area contributed by atoms with Crippen molar-refractivity contribution in [2.45, 2.75) is 32.6 Å². The molecular weight excluding hydrogens is 268 g/mol. The SMILES string of the molecule is COC(=O)NNS(=O)(=O)c1c(C)c(C)cc(C)c1C. The third kappa shape index (κ3) is 3.24. The maximum atomic E-state index is 12.2. The first kappa shape index (κ1) is 15.5. The predicted octanol–water partition coefficient (Wildman–Crippen LogP) is 1.47. The number of methoxy groups -OCH3 is 1. The van der Waals surface area contributed by atoms with E-state index in [4.69, 9.17) is 0 Å². The molecule has 1 aromatic carbocycles. The highest BCUT2D eigenvalue weighted by molar-refractivity contribution is 7.89. The lowest BCUT2D eigenvalue weighted by molar-refractivity contribution is 0.169. The predicted molar refractivity (Wildman–Crippen MR) is 71.3 cm³/mol. The van der Waals surface area contributed by atoms with E-state index in [-0.39, 0.29) is 4.90 Å². The molecule has 0 spiro atoms. The van der Waals surface area contributed by atoms with Crippen LogP contribution in [0.5, 0.6) is 0 Å². The van der Waals surface area contributed by atoms with Gasteiger partial charge < -0.3 is 4.74 Å². The van der Waals surface area contributed by atoms with Gasteiger partial charge in [0.05, 0.1) is 12.0 Å². The Balaban J connectivity index is 3.25. The van der Waals surface area contributed by atoms with Crippen LogP contribution in [0.3, 0.4) is 0 Å². The van der Waals surface area contributed by atoms with Crippen molar-refractivity contribution in [3.05, 3.63) is 28.3 Å². The van der Waals surface area contributed by atoms with Gasteiger partial charge in [0.15, 0.2) is 0 Å². The first-order chi connectivity index (χ1) is 8.70. The van der Waals surface area contributed by atoms with Gasteiger partial charge in [-0.15, -0.1) is 4.83 Å². The number of carbonyl (C=O) groups excluding carboxylic acids is 1. The lowest BCUT2D eigenvalue weighted by Gasteiger charge is -2.16. The summed E-state index contributed by atoms with van der Waals surface area (Å²) in [5.74, 6) is 0. The molecule has 7 heteroatoms. The topological polar surface area (TPSA) is 84.5 Å². The molecular formula is C12H18N2O4S. The van der Waals surface area contributed by atoms with Gasteiger partial charge >= 0.3 is 6.09 Å². The summed E-state index contributed by atoms with van der Waals surface area (Å²) in [6.07, 6.45) is -0.872. The summed E-state index contributed by atoms with van der Waals surface area (Å²) in [4.78, 5) is 13.1. The summed E-state index contributed by atoms with van der Waals surface area (Å²) in [5.41, 5.74) is 5.03. The number of benzene rings is 1. The zero-order valence-electron chi connectivity index (χ0n) is 11.6. The minimum atomic E-state index is -3.83. The summed E-state index contributed by atoms with van der Waals surface area (Å²) in [6.45, 7) is 7.14. The van der Waals surface area contributed by atoms with Gasteiger partial charge in [0, 0.05) is 0 Å². The van der Waals surface area contributed by atoms with Crippen molar-refractivity contribution in [2.75, 3.05) is 7.11 Å². The van der Waals surface area contributed by atoms with Crippen LogP contribution in [0.4, 0.5) is 4.79 Å². The van der Waals surface area contributed by atoms with Crippen molar-refractivity contribution in [1.82, 2.24) is 10.3 Å². The number of rotatable bonds is 3. The molecule has 0 radical (unpaired) electrons. The fourth-order valence-electron chi connectivity index (χ4n) is 1.79. The van der Waals surface area contributed by atoms with Gasteiger partial charge in [0.1, 0.15) is 0 Å². The van der Waals surface area contributed by atoms with Crippen molar-refractivity contribution in [3.63, 3.8) is 0 Å². The molecule has 1 rings (SSSR count). The van der Waals surface area contributed by atoms with Gasteiger partial charge in [-0.1, -0.05) is 6.07 Å². The molecule has 0 saturated carbocycles. The number of aryl methyl sites for hydroxylation is 2. The van der Waals surface area contributed by atoms with Crippen LogP contribution in [0.25, 0.3) is 0 Å². The highest BCUT2D eigenvalue weighted by Gasteiger charge is 2.22. The molecule has 0 aliphatic rings. The third-order valence-electron chi connectivity index (χ3n) is 3.04. The molecule has 0 bridgehead atoms. The summed E-state index contributed by atoms with van der Waals surface area (Å²) in [7, 11) is -2.68. The maximum absolute atomic E-state index is 12.2. The quantitative estimate of drug-likeness (QED) is 0.824. The molecule has 0 heterocycles. The van der Waals surface area contributed by atoms with Crippen molar-refractivity contribution in [1.29, 1.82) is 0 Å². The number of carbonyl (C=O) groups is 1. The number of nitrogens with one attached hydrogen (secondary N) is 2. The largest absolute Gasteiger partial charge is 0.452 e. The second-order valence-electron chi connectivity index (χ2n) is 4.31. The number of amides is 1. The Morgan fingerprint density at radius 3 is 2.00 bits per heavy atom. The Hall–Kier alpha value is -1.60. The van der Waals surface area contributed by atoms with Crippen molar-refractivity contribution < 1.29 is 17.9 Å². The maximum Gasteiger partial charge on any atom is 0.422 e. The van der Waals surface area contributed by atoms with E-state index >= 15 is 0 Å². The first-order valence-electron chi connectivity index (χ1n) is 5.64. The van der Waals surface area contributed by atoms with E-state index in [2.05, 4.69) is 4.74 Å². The van der Waals surface area contributed by atoms with E-state index in [1.165, 1.54) is 0 Å². The van der Waals surface area contributed by atoms with Gasteiger partial charge in [0.25, 0.3) is 10.0 Å². The number of sulfonamides is 1. The lowest BCUT2D eigenvalue weighted by Crippen LogP contribution is -2.42. The molecule has 0 aromatic heterocycles. The average molecular weight is 286 g/mol. The van der Waals surface area contributed by atoms with E-state index in [0.29, 0.717) is 11.1 Å². The fraction of sp³-hybridized carbons (Fsp3) is 0.417. The van der Waals surface area contributed by atoms with Crippen molar-refractivity contribution >= 4 is 16.1 Å². The molecule has 19 heavy (non-hydrogen) atoms. The smallest absolute Gasteiger partial charge is 0.422 e. The molecule has 106 valence electrons. The third-order valence-corrected chi connectivity index (χ3v) is 4.56. The lowest BCUT2D eigenvalue weighted by atomic mass is 10.0. The van der Waals surface area contributed by atoms with Crippen LogP contribution in [0, 0.1) is 27.7 Å². The van der Waals surface area contributed by atoms with Crippen LogP contribution in [0.1, 0.15) is 22.3 Å². The van der Waals surface area contributed by atoms with Gasteiger partial charge in [-0.2, -0.15) is 0 Å². The van der Waals surface area contributed by atoms with E-state index < -0.39 is 16.1 Å². The molecule has 0 unspecified atom stereocenters. The Morgan fingerprint density at radius 2 is 1.58 bits per heavy atom. The van der Waals surface area contributed by atoms with Crippen LogP contribution in [-0.2, 0) is 14.8 Å². The van der Waals surface area contributed by atoms with E-state index in [0.717, 1.165) is 18.2 Å². The summed E-state index contributed by atoms with van der Waals surface area (Å²) in [5, 5.41) is 0. The summed E-state index contributed by atoms with van der Waals surface area (Å²) < 4.78 is 28.7. The van der Waals surface area contributed by atoms with Crippen molar-refractivity contribution in [2.24, 2.45) is 0 Å². The Labute approximate surface area is 113 Å². The highest BCUT2D eigenvalue weighted by Crippen LogP contribution is 2.25. The molecule has 0 aliphatic carbocycles. The minimum Gasteiger partial charge on any atom is -0.452 e. The number of hydrogen-bond acceptors (Lipinski definition) is 4. The molecule has 6 nitrogen and oxygen atoms in total. The van der Waals surface area contributed by atoms with E-state index in [1.54, 1.807) is 13.8 Å². The molecule has 1 amide bonds. The van der Waals surface area contributed by atoms with Crippen LogP contribution in [0.2, 0.25) is 0 Å². The standard InChI is InChI=1S/C12H18N2O4S/c1-7-6-8(2)10(4)11(9(7)3)19(16,17)14-13-12(15)18-5/h6,14H,1-5H3,(H,13,15). The van der Waals surface area contributed by atoms with Gasteiger partial charge in [-0.05, 0) is 49.9 Å². The summed E-state index contributed by atoms with van der Waals surface area (Å²) in [6, 6.07) is 1.93. The normalized spacial score (nSPS) is 11.2. The highest BCUT2D eigenvalue weighted by atomic mass is 32.2. The Bertz CT molecular complexity index is 582. The van der Waals surface area contributed by atoms with Crippen LogP contribution >= 0.6 is 0 Å². The minimum absolute atomic E-state index is 0.182. The molecule has 0 saturated heterocycles. The van der Waals surface area contributed by atoms with Crippen LogP contribution in [0.15, 0.2) is 11.0 Å². The molecule has 0 aliphatic heterocycles. The molecule has 2 N–H and O–H groups in total. The van der Waals surface area contributed by atoms with E-state index in [9.17, 15) is 13.2 Å². The van der Waals surface area contributed by atoms with Crippen LogP contribution in [-0.4, -0.2) is 21.6 Å². The Kier molecular flexibility index (Phi) is 4.54. The Morgan fingerprint density at radius 1 is 1.11 bits per heavy atom. The number of ether oxygens (including phenoxy) is 1. The fourth-order valence-corrected chi connectivity index (χ4v) is 3.24. The summed E-state index contributed by atoms with van der Waals surface area (Å²) >= 11 is 0. The van der Waals surface area contributed by atoms with Crippen molar-refractivity contribution in [3.8, 4) is 0 Å². The monoisotopic (exact) mass is 286 g/mol. The first-order valence-corrected chi connectivity index (χ1v) is 7.12. The average Bonchev–Trinajstić information content (AvgIpc) is 2.33. The second kappa shape index (κ2) is 5.58. The number of hydrazine groups is 1. The number of hydrogen-bond donors (Lipinski definition) is 2. The van der Waals surface area contributed by atoms with Gasteiger partial charge in [-0.3, -0.25) is 0 Å². The molecule has 0 fully saturated rings.